The van der Waals surface area contributed by atoms with Gasteiger partial charge < -0.3 is 10.1 Å². The maximum absolute atomic E-state index is 10.8. The van der Waals surface area contributed by atoms with Gasteiger partial charge in [0.05, 0.1) is 23.7 Å². The Bertz CT molecular complexity index is 436. The maximum Gasteiger partial charge on any atom is 0.324 e. The lowest BCUT2D eigenvalue weighted by atomic mass is 10.1. The summed E-state index contributed by atoms with van der Waals surface area (Å²) in [5, 5.41) is 14.1. The van der Waals surface area contributed by atoms with Crippen molar-refractivity contribution in [1.29, 1.82) is 0 Å². The Hall–Kier alpha value is -1.02. The van der Waals surface area contributed by atoms with Gasteiger partial charge in [-0.2, -0.15) is 0 Å². The number of thiophene rings is 1. The highest BCUT2D eigenvalue weighted by Crippen LogP contribution is 2.36. The Morgan fingerprint density at radius 3 is 3.00 bits per heavy atom. The highest BCUT2D eigenvalue weighted by molar-refractivity contribution is 7.15. The van der Waals surface area contributed by atoms with Gasteiger partial charge in [0, 0.05) is 24.0 Å². The average molecular weight is 285 g/mol. The van der Waals surface area contributed by atoms with Crippen molar-refractivity contribution in [1.82, 2.24) is 10.2 Å². The molecule has 1 aromatic heterocycles. The standard InChI is InChI=1S/C12H19N3O3S/c1-3-14-6-7-18-9(8-13-2)12(14)10-4-5-11(19-10)15(16)17/h4-5,9,12-13H,3,6-8H2,1-2H3. The number of nitrogens with one attached hydrogen (secondary N) is 1. The van der Waals surface area contributed by atoms with Gasteiger partial charge in [-0.1, -0.05) is 18.3 Å². The molecule has 0 radical (unpaired) electrons. The maximum atomic E-state index is 10.8. The fourth-order valence-electron chi connectivity index (χ4n) is 2.48. The minimum Gasteiger partial charge on any atom is -0.374 e. The number of hydrogen-bond acceptors (Lipinski definition) is 6. The summed E-state index contributed by atoms with van der Waals surface area (Å²) in [4.78, 5) is 13.8. The molecule has 106 valence electrons. The van der Waals surface area contributed by atoms with Crippen LogP contribution in [0.1, 0.15) is 17.8 Å². The van der Waals surface area contributed by atoms with Gasteiger partial charge in [-0.25, -0.2) is 0 Å². The lowest BCUT2D eigenvalue weighted by molar-refractivity contribution is -0.380. The van der Waals surface area contributed by atoms with Crippen LogP contribution in [0.25, 0.3) is 0 Å². The van der Waals surface area contributed by atoms with E-state index in [4.69, 9.17) is 4.74 Å². The van der Waals surface area contributed by atoms with E-state index in [9.17, 15) is 10.1 Å². The zero-order valence-corrected chi connectivity index (χ0v) is 12.0. The summed E-state index contributed by atoms with van der Waals surface area (Å²) in [7, 11) is 1.89. The Morgan fingerprint density at radius 2 is 2.42 bits per heavy atom. The molecule has 1 N–H and O–H groups in total. The summed E-state index contributed by atoms with van der Waals surface area (Å²) in [5.41, 5.74) is 0. The molecule has 0 aliphatic carbocycles. The molecule has 6 nitrogen and oxygen atoms in total. The fourth-order valence-corrected chi connectivity index (χ4v) is 3.49. The molecule has 0 amide bonds. The Morgan fingerprint density at radius 1 is 1.63 bits per heavy atom. The van der Waals surface area contributed by atoms with Crippen molar-refractivity contribution in [2.45, 2.75) is 19.1 Å². The molecule has 19 heavy (non-hydrogen) atoms. The molecule has 1 aliphatic heterocycles. The van der Waals surface area contributed by atoms with Crippen LogP contribution in [0.15, 0.2) is 12.1 Å². The van der Waals surface area contributed by atoms with Gasteiger partial charge in [-0.3, -0.25) is 15.0 Å². The molecule has 7 heteroatoms. The molecule has 2 heterocycles. The van der Waals surface area contributed by atoms with Crippen LogP contribution >= 0.6 is 11.3 Å². The molecule has 1 aliphatic rings. The van der Waals surface area contributed by atoms with Crippen LogP contribution in [0.4, 0.5) is 5.00 Å². The lowest BCUT2D eigenvalue weighted by Crippen LogP contribution is -2.48. The van der Waals surface area contributed by atoms with Crippen LogP contribution in [-0.4, -0.2) is 49.2 Å². The minimum absolute atomic E-state index is 0.0388. The molecule has 0 bridgehead atoms. The highest BCUT2D eigenvalue weighted by Gasteiger charge is 2.34. The van der Waals surface area contributed by atoms with E-state index in [-0.39, 0.29) is 22.1 Å². The van der Waals surface area contributed by atoms with Crippen molar-refractivity contribution in [3.8, 4) is 0 Å². The molecule has 2 rings (SSSR count). The third-order valence-electron chi connectivity index (χ3n) is 3.35. The quantitative estimate of drug-likeness (QED) is 0.658. The smallest absolute Gasteiger partial charge is 0.324 e. The number of rotatable bonds is 5. The van der Waals surface area contributed by atoms with Crippen molar-refractivity contribution < 1.29 is 9.66 Å². The van der Waals surface area contributed by atoms with Gasteiger partial charge in [0.25, 0.3) is 0 Å². The second-order valence-electron chi connectivity index (χ2n) is 4.47. The second-order valence-corrected chi connectivity index (χ2v) is 5.57. The normalized spacial score (nSPS) is 24.5. The van der Waals surface area contributed by atoms with E-state index in [1.165, 1.54) is 11.3 Å². The zero-order valence-electron chi connectivity index (χ0n) is 11.2. The monoisotopic (exact) mass is 285 g/mol. The van der Waals surface area contributed by atoms with Crippen LogP contribution < -0.4 is 5.32 Å². The summed E-state index contributed by atoms with van der Waals surface area (Å²) >= 11 is 1.25. The highest BCUT2D eigenvalue weighted by atomic mass is 32.1. The Labute approximate surface area is 116 Å². The minimum atomic E-state index is -0.332. The zero-order chi connectivity index (χ0) is 13.8. The Balaban J connectivity index is 2.25. The first-order valence-corrected chi connectivity index (χ1v) is 7.23. The summed E-state index contributed by atoms with van der Waals surface area (Å²) in [6.45, 7) is 5.35. The van der Waals surface area contributed by atoms with Crippen LogP contribution in [0.3, 0.4) is 0 Å². The number of nitrogens with zero attached hydrogens (tertiary/aromatic N) is 2. The van der Waals surface area contributed by atoms with Crippen molar-refractivity contribution in [3.05, 3.63) is 27.1 Å². The van der Waals surface area contributed by atoms with Gasteiger partial charge in [-0.15, -0.1) is 0 Å². The van der Waals surface area contributed by atoms with E-state index < -0.39 is 0 Å². The van der Waals surface area contributed by atoms with E-state index in [0.29, 0.717) is 6.61 Å². The van der Waals surface area contributed by atoms with Crippen LogP contribution in [-0.2, 0) is 4.74 Å². The SMILES string of the molecule is CCN1CCOC(CNC)C1c1ccc([N+](=O)[O-])s1. The van der Waals surface area contributed by atoms with E-state index in [0.717, 1.165) is 24.5 Å². The van der Waals surface area contributed by atoms with Gasteiger partial charge >= 0.3 is 5.00 Å². The van der Waals surface area contributed by atoms with Gasteiger partial charge in [0.15, 0.2) is 0 Å². The Kier molecular flexibility index (Phi) is 4.87. The third-order valence-corrected chi connectivity index (χ3v) is 4.46. The molecule has 2 unspecified atom stereocenters. The van der Waals surface area contributed by atoms with Crippen molar-refractivity contribution in [3.63, 3.8) is 0 Å². The van der Waals surface area contributed by atoms with Crippen molar-refractivity contribution >= 4 is 16.3 Å². The lowest BCUT2D eigenvalue weighted by Gasteiger charge is -2.40. The first-order chi connectivity index (χ1) is 9.17. The molecule has 0 saturated carbocycles. The van der Waals surface area contributed by atoms with E-state index >= 15 is 0 Å². The number of likely N-dealkylation sites (N-methyl/N-ethyl adjacent to an activating group) is 2. The summed E-state index contributed by atoms with van der Waals surface area (Å²) < 4.78 is 5.82. The summed E-state index contributed by atoms with van der Waals surface area (Å²) in [6.07, 6.45) is 0.0388. The van der Waals surface area contributed by atoms with Gasteiger partial charge in [0.1, 0.15) is 0 Å². The molecule has 1 fully saturated rings. The first kappa shape index (κ1) is 14.4. The average Bonchev–Trinajstić information content (AvgIpc) is 2.88. The van der Waals surface area contributed by atoms with Crippen LogP contribution in [0, 0.1) is 10.1 Å². The predicted molar refractivity (Wildman–Crippen MR) is 74.6 cm³/mol. The molecule has 0 spiro atoms. The summed E-state index contributed by atoms with van der Waals surface area (Å²) in [5.74, 6) is 0. The molecule has 1 saturated heterocycles. The number of morpholine rings is 1. The van der Waals surface area contributed by atoms with Gasteiger partial charge in [0.2, 0.25) is 0 Å². The molecular formula is C12H19N3O3S. The van der Waals surface area contributed by atoms with Crippen LogP contribution in [0.2, 0.25) is 0 Å². The molecule has 0 aromatic carbocycles. The molecule has 1 aromatic rings. The van der Waals surface area contributed by atoms with E-state index in [1.807, 2.05) is 13.1 Å². The molecule has 2 atom stereocenters. The predicted octanol–water partition coefficient (Wildman–Crippen LogP) is 1.64. The van der Waals surface area contributed by atoms with Gasteiger partial charge in [-0.05, 0) is 19.7 Å². The van der Waals surface area contributed by atoms with Crippen molar-refractivity contribution in [2.75, 3.05) is 33.3 Å². The van der Waals surface area contributed by atoms with E-state index in [2.05, 4.69) is 17.1 Å². The van der Waals surface area contributed by atoms with Crippen molar-refractivity contribution in [2.24, 2.45) is 0 Å². The number of ether oxygens (including phenoxy) is 1. The topological polar surface area (TPSA) is 67.6 Å². The molecular weight excluding hydrogens is 266 g/mol. The summed E-state index contributed by atoms with van der Waals surface area (Å²) in [6, 6.07) is 3.54. The van der Waals surface area contributed by atoms with E-state index in [1.54, 1.807) is 6.07 Å². The largest absolute Gasteiger partial charge is 0.374 e. The number of nitro groups is 1. The number of hydrogen-bond donors (Lipinski definition) is 1. The second kappa shape index (κ2) is 6.42. The fraction of sp³-hybridized carbons (Fsp3) is 0.667. The first-order valence-electron chi connectivity index (χ1n) is 6.41. The third kappa shape index (κ3) is 3.11. The van der Waals surface area contributed by atoms with Crippen LogP contribution in [0.5, 0.6) is 0 Å².